The Bertz CT molecular complexity index is 1110. The van der Waals surface area contributed by atoms with E-state index in [0.29, 0.717) is 46.1 Å². The number of aromatic nitrogens is 2. The lowest BCUT2D eigenvalue weighted by molar-refractivity contribution is -0.126. The summed E-state index contributed by atoms with van der Waals surface area (Å²) < 4.78 is 0. The van der Waals surface area contributed by atoms with Crippen molar-refractivity contribution in [3.05, 3.63) is 69.4 Å². The summed E-state index contributed by atoms with van der Waals surface area (Å²) in [4.78, 5) is 36.1. The predicted octanol–water partition coefficient (Wildman–Crippen LogP) is 4.90. The van der Waals surface area contributed by atoms with Crippen LogP contribution in [0.5, 0.6) is 0 Å². The number of pyridine rings is 1. The molecule has 32 heavy (non-hydrogen) atoms. The SMILES string of the molecule is O=C(NCc1ccncc1)C1CCCCN1C(=O)c1csc(Nc2cccc(Cl)c2Cl)n1. The number of hydrogen-bond acceptors (Lipinski definition) is 6. The highest BCUT2D eigenvalue weighted by Gasteiger charge is 2.33. The summed E-state index contributed by atoms with van der Waals surface area (Å²) in [6.07, 6.45) is 5.74. The summed E-state index contributed by atoms with van der Waals surface area (Å²) in [5.74, 6) is -0.413. The summed E-state index contributed by atoms with van der Waals surface area (Å²) in [6, 6.07) is 8.44. The van der Waals surface area contributed by atoms with Crippen molar-refractivity contribution in [2.24, 2.45) is 0 Å². The van der Waals surface area contributed by atoms with Gasteiger partial charge in [0, 0.05) is 30.9 Å². The minimum atomic E-state index is -0.515. The fraction of sp³-hybridized carbons (Fsp3) is 0.273. The van der Waals surface area contributed by atoms with Crippen LogP contribution in [0.4, 0.5) is 10.8 Å². The highest BCUT2D eigenvalue weighted by Crippen LogP contribution is 2.33. The van der Waals surface area contributed by atoms with Crippen molar-refractivity contribution in [1.82, 2.24) is 20.2 Å². The highest BCUT2D eigenvalue weighted by molar-refractivity contribution is 7.14. The molecule has 0 saturated carbocycles. The van der Waals surface area contributed by atoms with Crippen LogP contribution in [0.25, 0.3) is 0 Å². The van der Waals surface area contributed by atoms with Gasteiger partial charge in [0.25, 0.3) is 5.91 Å². The van der Waals surface area contributed by atoms with Crippen molar-refractivity contribution in [2.75, 3.05) is 11.9 Å². The first-order chi connectivity index (χ1) is 15.5. The number of amides is 2. The van der Waals surface area contributed by atoms with Crippen molar-refractivity contribution >= 4 is 57.2 Å². The summed E-state index contributed by atoms with van der Waals surface area (Å²) in [6.45, 7) is 0.914. The number of benzene rings is 1. The molecule has 1 atom stereocenters. The molecule has 0 bridgehead atoms. The van der Waals surface area contributed by atoms with E-state index in [9.17, 15) is 9.59 Å². The lowest BCUT2D eigenvalue weighted by atomic mass is 10.0. The van der Waals surface area contributed by atoms with E-state index in [0.717, 1.165) is 18.4 Å². The molecule has 2 N–H and O–H groups in total. The maximum absolute atomic E-state index is 13.2. The first-order valence-electron chi connectivity index (χ1n) is 10.2. The van der Waals surface area contributed by atoms with Gasteiger partial charge in [-0.05, 0) is 49.1 Å². The number of likely N-dealkylation sites (tertiary alicyclic amines) is 1. The van der Waals surface area contributed by atoms with Crippen LogP contribution in [0.15, 0.2) is 48.1 Å². The minimum Gasteiger partial charge on any atom is -0.350 e. The van der Waals surface area contributed by atoms with Gasteiger partial charge in [-0.3, -0.25) is 14.6 Å². The molecule has 1 aliphatic rings. The zero-order valence-electron chi connectivity index (χ0n) is 17.1. The molecule has 1 unspecified atom stereocenters. The molecule has 0 aliphatic carbocycles. The largest absolute Gasteiger partial charge is 0.350 e. The average molecular weight is 490 g/mol. The Morgan fingerprint density at radius 3 is 2.78 bits per heavy atom. The smallest absolute Gasteiger partial charge is 0.274 e. The van der Waals surface area contributed by atoms with Gasteiger partial charge in [0.05, 0.1) is 15.7 Å². The fourth-order valence-corrected chi connectivity index (χ4v) is 4.59. The number of carbonyl (C=O) groups is 2. The van der Waals surface area contributed by atoms with Crippen LogP contribution < -0.4 is 10.6 Å². The molecule has 0 spiro atoms. The third-order valence-electron chi connectivity index (χ3n) is 5.20. The predicted molar refractivity (Wildman–Crippen MR) is 127 cm³/mol. The Labute approximate surface area is 199 Å². The molecule has 166 valence electrons. The standard InChI is InChI=1S/C22H21Cl2N5O2S/c23-15-4-3-5-16(19(15)24)27-22-28-17(13-32-22)21(31)29-11-2-1-6-18(29)20(30)26-12-14-7-9-25-10-8-14/h3-5,7-10,13,18H,1-2,6,11-12H2,(H,26,30)(H,27,28). The van der Waals surface area contributed by atoms with Crippen molar-refractivity contribution in [1.29, 1.82) is 0 Å². The van der Waals surface area contributed by atoms with Gasteiger partial charge in [0.2, 0.25) is 5.91 Å². The number of piperidine rings is 1. The number of thiazole rings is 1. The van der Waals surface area contributed by atoms with Crippen molar-refractivity contribution < 1.29 is 9.59 Å². The Morgan fingerprint density at radius 2 is 1.97 bits per heavy atom. The maximum atomic E-state index is 13.2. The van der Waals surface area contributed by atoms with Gasteiger partial charge in [-0.2, -0.15) is 0 Å². The van der Waals surface area contributed by atoms with Gasteiger partial charge in [0.15, 0.2) is 5.13 Å². The topological polar surface area (TPSA) is 87.2 Å². The number of halogens is 2. The van der Waals surface area contributed by atoms with Crippen LogP contribution in [0.2, 0.25) is 10.0 Å². The zero-order chi connectivity index (χ0) is 22.5. The third kappa shape index (κ3) is 5.20. The number of hydrogen-bond donors (Lipinski definition) is 2. The normalized spacial score (nSPS) is 15.9. The van der Waals surface area contributed by atoms with Gasteiger partial charge in [-0.15, -0.1) is 11.3 Å². The van der Waals surface area contributed by atoms with Crippen molar-refractivity contribution in [3.8, 4) is 0 Å². The van der Waals surface area contributed by atoms with Crippen LogP contribution >= 0.6 is 34.5 Å². The second kappa shape index (κ2) is 10.3. The Morgan fingerprint density at radius 1 is 1.16 bits per heavy atom. The Hall–Kier alpha value is -2.68. The average Bonchev–Trinajstić information content (AvgIpc) is 3.29. The quantitative estimate of drug-likeness (QED) is 0.513. The van der Waals surface area contributed by atoms with Crippen LogP contribution in [-0.2, 0) is 11.3 Å². The van der Waals surface area contributed by atoms with Crippen LogP contribution in [-0.4, -0.2) is 39.3 Å². The van der Waals surface area contributed by atoms with E-state index < -0.39 is 6.04 Å². The van der Waals surface area contributed by atoms with E-state index in [-0.39, 0.29) is 11.8 Å². The molecule has 0 radical (unpaired) electrons. The molecular weight excluding hydrogens is 469 g/mol. The Kier molecular flexibility index (Phi) is 7.24. The first kappa shape index (κ1) is 22.5. The monoisotopic (exact) mass is 489 g/mol. The molecule has 2 amide bonds. The van der Waals surface area contributed by atoms with E-state index in [1.54, 1.807) is 40.9 Å². The molecule has 1 aromatic carbocycles. The molecule has 2 aromatic heterocycles. The number of rotatable bonds is 6. The van der Waals surface area contributed by atoms with Crippen LogP contribution in [0.1, 0.15) is 35.3 Å². The van der Waals surface area contributed by atoms with Gasteiger partial charge < -0.3 is 15.5 Å². The zero-order valence-corrected chi connectivity index (χ0v) is 19.4. The lowest BCUT2D eigenvalue weighted by Crippen LogP contribution is -2.51. The third-order valence-corrected chi connectivity index (χ3v) is 6.78. The first-order valence-corrected chi connectivity index (χ1v) is 11.8. The molecular formula is C22H21Cl2N5O2S. The van der Waals surface area contributed by atoms with Gasteiger partial charge in [-0.1, -0.05) is 29.3 Å². The fourth-order valence-electron chi connectivity index (χ4n) is 3.55. The maximum Gasteiger partial charge on any atom is 0.274 e. The molecule has 4 rings (SSSR count). The van der Waals surface area contributed by atoms with E-state index in [1.165, 1.54) is 11.3 Å². The molecule has 7 nitrogen and oxygen atoms in total. The van der Waals surface area contributed by atoms with E-state index >= 15 is 0 Å². The molecule has 10 heteroatoms. The van der Waals surface area contributed by atoms with E-state index in [1.807, 2.05) is 12.1 Å². The van der Waals surface area contributed by atoms with E-state index in [2.05, 4.69) is 20.6 Å². The number of carbonyl (C=O) groups excluding carboxylic acids is 2. The second-order valence-electron chi connectivity index (χ2n) is 7.35. The van der Waals surface area contributed by atoms with Crippen molar-refractivity contribution in [3.63, 3.8) is 0 Å². The number of anilines is 2. The summed E-state index contributed by atoms with van der Waals surface area (Å²) in [7, 11) is 0. The van der Waals surface area contributed by atoms with E-state index in [4.69, 9.17) is 23.2 Å². The van der Waals surface area contributed by atoms with Crippen LogP contribution in [0, 0.1) is 0 Å². The molecule has 3 aromatic rings. The van der Waals surface area contributed by atoms with Crippen LogP contribution in [0.3, 0.4) is 0 Å². The van der Waals surface area contributed by atoms with Gasteiger partial charge >= 0.3 is 0 Å². The molecule has 3 heterocycles. The number of nitrogens with one attached hydrogen (secondary N) is 2. The minimum absolute atomic E-state index is 0.158. The molecule has 1 saturated heterocycles. The lowest BCUT2D eigenvalue weighted by Gasteiger charge is -2.34. The summed E-state index contributed by atoms with van der Waals surface area (Å²) in [5, 5.41) is 9.06. The second-order valence-corrected chi connectivity index (χ2v) is 8.99. The van der Waals surface area contributed by atoms with Gasteiger partial charge in [0.1, 0.15) is 11.7 Å². The molecule has 1 fully saturated rings. The molecule has 1 aliphatic heterocycles. The Balaban J connectivity index is 1.44. The highest BCUT2D eigenvalue weighted by atomic mass is 35.5. The summed E-state index contributed by atoms with van der Waals surface area (Å²) >= 11 is 13.6. The van der Waals surface area contributed by atoms with Gasteiger partial charge in [-0.25, -0.2) is 4.98 Å². The summed E-state index contributed by atoms with van der Waals surface area (Å²) in [5.41, 5.74) is 1.86. The van der Waals surface area contributed by atoms with Crippen molar-refractivity contribution in [2.45, 2.75) is 31.8 Å². The number of nitrogens with zero attached hydrogens (tertiary/aromatic N) is 3.